The first kappa shape index (κ1) is 22.9. The zero-order chi connectivity index (χ0) is 22.7. The lowest BCUT2D eigenvalue weighted by Crippen LogP contribution is -2.40. The van der Waals surface area contributed by atoms with Crippen LogP contribution in [-0.2, 0) is 14.6 Å². The second-order valence-corrected chi connectivity index (χ2v) is 10.9. The first-order valence-electron chi connectivity index (χ1n) is 11.2. The quantitative estimate of drug-likeness (QED) is 0.603. The lowest BCUT2D eigenvalue weighted by atomic mass is 9.94. The average Bonchev–Trinajstić information content (AvgIpc) is 3.26. The van der Waals surface area contributed by atoms with Gasteiger partial charge in [0.2, 0.25) is 11.8 Å². The normalized spacial score (nSPS) is 22.9. The highest BCUT2D eigenvalue weighted by molar-refractivity contribution is 7.90. The largest absolute Gasteiger partial charge is 0.473 e. The molecule has 1 aliphatic heterocycles. The Balaban J connectivity index is 1.18. The van der Waals surface area contributed by atoms with E-state index in [1.165, 1.54) is 12.4 Å². The van der Waals surface area contributed by atoms with Crippen LogP contribution < -0.4 is 9.64 Å². The van der Waals surface area contributed by atoms with E-state index in [0.29, 0.717) is 17.7 Å². The van der Waals surface area contributed by atoms with E-state index in [1.54, 1.807) is 0 Å². The highest BCUT2D eigenvalue weighted by Crippen LogP contribution is 2.28. The van der Waals surface area contributed by atoms with Gasteiger partial charge >= 0.3 is 0 Å². The van der Waals surface area contributed by atoms with Crippen molar-refractivity contribution in [3.63, 3.8) is 0 Å². The van der Waals surface area contributed by atoms with Gasteiger partial charge in [-0.2, -0.15) is 4.98 Å². The third-order valence-corrected chi connectivity index (χ3v) is 6.90. The maximum absolute atomic E-state index is 11.5. The number of aromatic nitrogens is 4. The van der Waals surface area contributed by atoms with Crippen molar-refractivity contribution >= 4 is 15.8 Å². The predicted molar refractivity (Wildman–Crippen MR) is 117 cm³/mol. The molecule has 2 aromatic heterocycles. The number of piperidine rings is 1. The van der Waals surface area contributed by atoms with Crippen LogP contribution in [0.15, 0.2) is 21.9 Å². The summed E-state index contributed by atoms with van der Waals surface area (Å²) in [6.45, 7) is 5.81. The van der Waals surface area contributed by atoms with Crippen LogP contribution in [0.5, 0.6) is 5.88 Å². The molecule has 2 aliphatic rings. The number of hydrogen-bond donors (Lipinski definition) is 0. The molecule has 2 fully saturated rings. The average molecular weight is 466 g/mol. The van der Waals surface area contributed by atoms with E-state index in [4.69, 9.17) is 14.0 Å². The second kappa shape index (κ2) is 9.70. The van der Waals surface area contributed by atoms with Crippen LogP contribution in [0.3, 0.4) is 0 Å². The number of hydrogen-bond acceptors (Lipinski definition) is 10. The van der Waals surface area contributed by atoms with Gasteiger partial charge in [-0.1, -0.05) is 13.8 Å². The van der Waals surface area contributed by atoms with Crippen LogP contribution in [0.4, 0.5) is 5.95 Å². The van der Waals surface area contributed by atoms with Crippen LogP contribution in [-0.4, -0.2) is 66.2 Å². The van der Waals surface area contributed by atoms with E-state index in [9.17, 15) is 8.42 Å². The molecule has 0 unspecified atom stereocenters. The Kier molecular flexibility index (Phi) is 6.94. The zero-order valence-electron chi connectivity index (χ0n) is 18.8. The fourth-order valence-corrected chi connectivity index (χ4v) is 4.56. The Morgan fingerprint density at radius 3 is 2.22 bits per heavy atom. The summed E-state index contributed by atoms with van der Waals surface area (Å²) < 4.78 is 40.5. The van der Waals surface area contributed by atoms with Crippen LogP contribution in [0.2, 0.25) is 0 Å². The smallest absolute Gasteiger partial charge is 0.266 e. The molecule has 0 radical (unpaired) electrons. The van der Waals surface area contributed by atoms with Gasteiger partial charge in [0, 0.05) is 25.3 Å². The molecule has 4 rings (SSSR count). The molecule has 0 spiro atoms. The van der Waals surface area contributed by atoms with Crippen molar-refractivity contribution in [3.05, 3.63) is 18.3 Å². The van der Waals surface area contributed by atoms with Gasteiger partial charge in [-0.05, 0) is 43.7 Å². The molecule has 176 valence electrons. The van der Waals surface area contributed by atoms with Gasteiger partial charge in [0.25, 0.3) is 5.95 Å². The van der Waals surface area contributed by atoms with Crippen molar-refractivity contribution in [3.8, 4) is 5.88 Å². The summed E-state index contributed by atoms with van der Waals surface area (Å²) in [6, 6.07) is 0. The number of rotatable bonds is 7. The molecule has 0 aromatic carbocycles. The first-order chi connectivity index (χ1) is 15.3. The fourth-order valence-electron chi connectivity index (χ4n) is 4.07. The molecule has 0 bridgehead atoms. The Morgan fingerprint density at radius 1 is 1.00 bits per heavy atom. The SMILES string of the molecule is CC(C)c1nc(N2CCC(OC3CCC(Oc4cnc(S(C)(=O)=O)cn4)CC3)CC2)no1. The third kappa shape index (κ3) is 5.74. The molecule has 0 N–H and O–H groups in total. The van der Waals surface area contributed by atoms with E-state index in [2.05, 4.69) is 25.0 Å². The number of nitrogens with zero attached hydrogens (tertiary/aromatic N) is 5. The van der Waals surface area contributed by atoms with Crippen LogP contribution in [0.25, 0.3) is 0 Å². The molecule has 10 nitrogen and oxygen atoms in total. The number of ether oxygens (including phenoxy) is 2. The van der Waals surface area contributed by atoms with Crippen molar-refractivity contribution in [1.29, 1.82) is 0 Å². The summed E-state index contributed by atoms with van der Waals surface area (Å²) in [6.07, 6.45) is 9.77. The second-order valence-electron chi connectivity index (χ2n) is 8.89. The van der Waals surface area contributed by atoms with E-state index in [0.717, 1.165) is 57.9 Å². The van der Waals surface area contributed by atoms with Crippen LogP contribution >= 0.6 is 0 Å². The molecule has 2 aromatic rings. The minimum absolute atomic E-state index is 0.0449. The third-order valence-electron chi connectivity index (χ3n) is 5.93. The molecule has 0 amide bonds. The zero-order valence-corrected chi connectivity index (χ0v) is 19.6. The van der Waals surface area contributed by atoms with Gasteiger partial charge in [0.05, 0.1) is 24.6 Å². The summed E-state index contributed by atoms with van der Waals surface area (Å²) in [5.74, 6) is 1.94. The lowest BCUT2D eigenvalue weighted by Gasteiger charge is -2.35. The lowest BCUT2D eigenvalue weighted by molar-refractivity contribution is -0.0532. The Morgan fingerprint density at radius 2 is 1.66 bits per heavy atom. The molecule has 1 aliphatic carbocycles. The van der Waals surface area contributed by atoms with Crippen molar-refractivity contribution in [2.75, 3.05) is 24.2 Å². The Hall–Kier alpha value is -2.27. The van der Waals surface area contributed by atoms with Gasteiger partial charge in [0.15, 0.2) is 14.9 Å². The summed E-state index contributed by atoms with van der Waals surface area (Å²) >= 11 is 0. The van der Waals surface area contributed by atoms with E-state index in [1.807, 2.05) is 13.8 Å². The van der Waals surface area contributed by atoms with Crippen LogP contribution in [0.1, 0.15) is 64.2 Å². The van der Waals surface area contributed by atoms with Gasteiger partial charge in [0.1, 0.15) is 6.10 Å². The van der Waals surface area contributed by atoms with E-state index < -0.39 is 9.84 Å². The van der Waals surface area contributed by atoms with E-state index in [-0.39, 0.29) is 29.3 Å². The van der Waals surface area contributed by atoms with Gasteiger partial charge in [-0.25, -0.2) is 18.4 Å². The summed E-state index contributed by atoms with van der Waals surface area (Å²) in [4.78, 5) is 14.7. The maximum Gasteiger partial charge on any atom is 0.266 e. The number of anilines is 1. The fraction of sp³-hybridized carbons (Fsp3) is 0.714. The molecule has 0 atom stereocenters. The van der Waals surface area contributed by atoms with Crippen molar-refractivity contribution in [2.45, 2.75) is 81.6 Å². The Bertz CT molecular complexity index is 978. The van der Waals surface area contributed by atoms with Crippen molar-refractivity contribution < 1.29 is 22.4 Å². The highest BCUT2D eigenvalue weighted by atomic mass is 32.2. The molecular weight excluding hydrogens is 434 g/mol. The predicted octanol–water partition coefficient (Wildman–Crippen LogP) is 2.76. The Labute approximate surface area is 188 Å². The first-order valence-corrected chi connectivity index (χ1v) is 13.1. The molecular formula is C21H31N5O5S. The maximum atomic E-state index is 11.5. The van der Waals surface area contributed by atoms with Crippen molar-refractivity contribution in [1.82, 2.24) is 20.1 Å². The van der Waals surface area contributed by atoms with E-state index >= 15 is 0 Å². The minimum Gasteiger partial charge on any atom is -0.473 e. The minimum atomic E-state index is -3.36. The monoisotopic (exact) mass is 465 g/mol. The molecule has 11 heteroatoms. The van der Waals surface area contributed by atoms with Crippen LogP contribution in [0, 0.1) is 0 Å². The summed E-state index contributed by atoms with van der Waals surface area (Å²) in [7, 11) is -3.36. The van der Waals surface area contributed by atoms with Crippen molar-refractivity contribution in [2.24, 2.45) is 0 Å². The molecule has 1 saturated carbocycles. The molecule has 1 saturated heterocycles. The van der Waals surface area contributed by atoms with Gasteiger partial charge in [-0.3, -0.25) is 0 Å². The molecule has 3 heterocycles. The summed E-state index contributed by atoms with van der Waals surface area (Å²) in [5, 5.41) is 4.06. The highest BCUT2D eigenvalue weighted by Gasteiger charge is 2.29. The summed E-state index contributed by atoms with van der Waals surface area (Å²) in [5.41, 5.74) is 0. The van der Waals surface area contributed by atoms with Gasteiger partial charge < -0.3 is 18.9 Å². The standard InChI is InChI=1S/C21H31N5O5S/c1-14(2)20-24-21(25-31-20)26-10-8-17(9-11-26)29-15-4-6-16(7-5-15)30-18-12-23-19(13-22-18)32(3,27)28/h12-17H,4-11H2,1-3H3. The van der Waals surface area contributed by atoms with Gasteiger partial charge in [-0.15, -0.1) is 0 Å². The topological polar surface area (TPSA) is 121 Å². The number of sulfone groups is 1. The molecule has 32 heavy (non-hydrogen) atoms.